The molecule has 0 aromatic carbocycles. The molecule has 1 unspecified atom stereocenters. The second-order valence-electron chi connectivity index (χ2n) is 5.20. The third-order valence-corrected chi connectivity index (χ3v) is 2.52. The van der Waals surface area contributed by atoms with Gasteiger partial charge < -0.3 is 4.74 Å². The zero-order valence-electron chi connectivity index (χ0n) is 9.84. The summed E-state index contributed by atoms with van der Waals surface area (Å²) in [5.74, 6) is 0.0638. The van der Waals surface area contributed by atoms with Gasteiger partial charge in [0.25, 0.3) is 0 Å². The predicted molar refractivity (Wildman–Crippen MR) is 57.4 cm³/mol. The number of Topliss-reactive ketones (excluding diaryl/α,β-unsaturated/α-hetero) is 1. The fourth-order valence-electron chi connectivity index (χ4n) is 1.77. The Bertz CT molecular complexity index is 250. The van der Waals surface area contributed by atoms with Crippen LogP contribution >= 0.6 is 0 Å². The number of esters is 1. The van der Waals surface area contributed by atoms with Gasteiger partial charge in [0, 0.05) is 12.8 Å². The van der Waals surface area contributed by atoms with E-state index in [-0.39, 0.29) is 17.7 Å². The van der Waals surface area contributed by atoms with Crippen LogP contribution in [0.2, 0.25) is 0 Å². The van der Waals surface area contributed by atoms with Crippen LogP contribution in [0.25, 0.3) is 0 Å². The van der Waals surface area contributed by atoms with E-state index >= 15 is 0 Å². The summed E-state index contributed by atoms with van der Waals surface area (Å²) in [7, 11) is 0. The number of carbonyl (C=O) groups is 2. The molecule has 0 heterocycles. The first-order chi connectivity index (χ1) is 6.88. The molecule has 0 radical (unpaired) electrons. The summed E-state index contributed by atoms with van der Waals surface area (Å²) in [4.78, 5) is 22.9. The van der Waals surface area contributed by atoms with Crippen LogP contribution in [0.3, 0.4) is 0 Å². The van der Waals surface area contributed by atoms with Gasteiger partial charge >= 0.3 is 5.97 Å². The van der Waals surface area contributed by atoms with E-state index in [2.05, 4.69) is 0 Å². The van der Waals surface area contributed by atoms with Crippen LogP contribution in [-0.2, 0) is 14.3 Å². The average Bonchev–Trinajstić information content (AvgIpc) is 2.26. The zero-order valence-corrected chi connectivity index (χ0v) is 9.84. The van der Waals surface area contributed by atoms with Gasteiger partial charge in [0.05, 0.1) is 5.92 Å². The van der Waals surface area contributed by atoms with Gasteiger partial charge in [-0.05, 0) is 40.0 Å². The van der Waals surface area contributed by atoms with Crippen molar-refractivity contribution in [3.63, 3.8) is 0 Å². The van der Waals surface area contributed by atoms with Crippen LogP contribution in [0.5, 0.6) is 0 Å². The molecule has 0 N–H and O–H groups in total. The molecular formula is C12H20O3. The van der Waals surface area contributed by atoms with E-state index in [1.165, 1.54) is 0 Å². The first-order valence-corrected chi connectivity index (χ1v) is 5.63. The quantitative estimate of drug-likeness (QED) is 0.495. The molecular weight excluding hydrogens is 192 g/mol. The standard InChI is InChI=1S/C12H20O3/c1-12(2,3)15-11(14)9-5-4-6-10(13)8-7-9/h9H,4-8H2,1-3H3. The minimum atomic E-state index is -0.423. The van der Waals surface area contributed by atoms with Crippen molar-refractivity contribution < 1.29 is 14.3 Å². The Hall–Kier alpha value is -0.860. The molecule has 0 aromatic rings. The van der Waals surface area contributed by atoms with Gasteiger partial charge in [0.2, 0.25) is 0 Å². The Labute approximate surface area is 91.2 Å². The Balaban J connectivity index is 2.49. The number of carbonyl (C=O) groups excluding carboxylic acids is 2. The lowest BCUT2D eigenvalue weighted by molar-refractivity contribution is -0.160. The lowest BCUT2D eigenvalue weighted by atomic mass is 10.0. The average molecular weight is 212 g/mol. The fourth-order valence-corrected chi connectivity index (χ4v) is 1.77. The van der Waals surface area contributed by atoms with E-state index in [4.69, 9.17) is 4.74 Å². The number of ketones is 1. The molecule has 0 amide bonds. The summed E-state index contributed by atoms with van der Waals surface area (Å²) in [5.41, 5.74) is -0.423. The van der Waals surface area contributed by atoms with Gasteiger partial charge in [-0.2, -0.15) is 0 Å². The number of hydrogen-bond acceptors (Lipinski definition) is 3. The molecule has 0 spiro atoms. The summed E-state index contributed by atoms with van der Waals surface area (Å²) in [6, 6.07) is 0. The predicted octanol–water partition coefficient (Wildman–Crippen LogP) is 2.48. The molecule has 15 heavy (non-hydrogen) atoms. The highest BCUT2D eigenvalue weighted by atomic mass is 16.6. The largest absolute Gasteiger partial charge is 0.460 e. The summed E-state index contributed by atoms with van der Waals surface area (Å²) >= 11 is 0. The van der Waals surface area contributed by atoms with E-state index in [0.29, 0.717) is 19.3 Å². The summed E-state index contributed by atoms with van der Waals surface area (Å²) in [5, 5.41) is 0. The topological polar surface area (TPSA) is 43.4 Å². The highest BCUT2D eigenvalue weighted by Crippen LogP contribution is 2.24. The number of ether oxygens (including phenoxy) is 1. The van der Waals surface area contributed by atoms with Crippen LogP contribution in [-0.4, -0.2) is 17.4 Å². The summed E-state index contributed by atoms with van der Waals surface area (Å²) < 4.78 is 5.32. The van der Waals surface area contributed by atoms with E-state index < -0.39 is 5.60 Å². The molecule has 3 heteroatoms. The second kappa shape index (κ2) is 4.77. The van der Waals surface area contributed by atoms with Crippen LogP contribution in [0.4, 0.5) is 0 Å². The van der Waals surface area contributed by atoms with E-state index in [0.717, 1.165) is 12.8 Å². The van der Waals surface area contributed by atoms with Gasteiger partial charge in [-0.15, -0.1) is 0 Å². The molecule has 1 atom stereocenters. The third kappa shape index (κ3) is 4.45. The van der Waals surface area contributed by atoms with Gasteiger partial charge in [-0.1, -0.05) is 0 Å². The van der Waals surface area contributed by atoms with Crippen LogP contribution in [0, 0.1) is 5.92 Å². The maximum Gasteiger partial charge on any atom is 0.309 e. The minimum Gasteiger partial charge on any atom is -0.460 e. The second-order valence-corrected chi connectivity index (χ2v) is 5.20. The highest BCUT2D eigenvalue weighted by Gasteiger charge is 2.27. The molecule has 86 valence electrons. The number of rotatable bonds is 1. The highest BCUT2D eigenvalue weighted by molar-refractivity contribution is 5.80. The van der Waals surface area contributed by atoms with Crippen molar-refractivity contribution in [3.05, 3.63) is 0 Å². The van der Waals surface area contributed by atoms with Crippen molar-refractivity contribution in [2.75, 3.05) is 0 Å². The molecule has 0 aliphatic heterocycles. The van der Waals surface area contributed by atoms with Crippen LogP contribution in [0.1, 0.15) is 52.9 Å². The summed E-state index contributed by atoms with van der Waals surface area (Å²) in [6.45, 7) is 5.60. The molecule has 3 nitrogen and oxygen atoms in total. The Kier molecular flexibility index (Phi) is 3.89. The lowest BCUT2D eigenvalue weighted by Gasteiger charge is -2.23. The Morgan fingerprint density at radius 3 is 2.53 bits per heavy atom. The smallest absolute Gasteiger partial charge is 0.309 e. The van der Waals surface area contributed by atoms with Gasteiger partial charge in [-0.25, -0.2) is 0 Å². The molecule has 1 rings (SSSR count). The molecule has 1 aliphatic rings. The van der Waals surface area contributed by atoms with Crippen molar-refractivity contribution in [2.24, 2.45) is 5.92 Å². The Morgan fingerprint density at radius 1 is 1.27 bits per heavy atom. The van der Waals surface area contributed by atoms with Crippen molar-refractivity contribution >= 4 is 11.8 Å². The van der Waals surface area contributed by atoms with Crippen molar-refractivity contribution in [2.45, 2.75) is 58.5 Å². The fraction of sp³-hybridized carbons (Fsp3) is 0.833. The van der Waals surface area contributed by atoms with Gasteiger partial charge in [-0.3, -0.25) is 9.59 Å². The van der Waals surface area contributed by atoms with Crippen molar-refractivity contribution in [3.8, 4) is 0 Å². The maximum absolute atomic E-state index is 11.7. The monoisotopic (exact) mass is 212 g/mol. The van der Waals surface area contributed by atoms with Crippen molar-refractivity contribution in [1.29, 1.82) is 0 Å². The molecule has 0 aromatic heterocycles. The van der Waals surface area contributed by atoms with E-state index in [1.807, 2.05) is 20.8 Å². The first-order valence-electron chi connectivity index (χ1n) is 5.63. The third-order valence-electron chi connectivity index (χ3n) is 2.52. The first kappa shape index (κ1) is 12.2. The minimum absolute atomic E-state index is 0.0734. The van der Waals surface area contributed by atoms with Gasteiger partial charge in [0.1, 0.15) is 11.4 Å². The lowest BCUT2D eigenvalue weighted by Crippen LogP contribution is -2.28. The normalized spacial score (nSPS) is 23.4. The molecule has 0 bridgehead atoms. The maximum atomic E-state index is 11.7. The molecule has 1 saturated carbocycles. The Morgan fingerprint density at radius 2 is 1.93 bits per heavy atom. The summed E-state index contributed by atoms with van der Waals surface area (Å²) in [6.07, 6.45) is 3.43. The van der Waals surface area contributed by atoms with Crippen LogP contribution in [0.15, 0.2) is 0 Å². The van der Waals surface area contributed by atoms with E-state index in [9.17, 15) is 9.59 Å². The van der Waals surface area contributed by atoms with E-state index in [1.54, 1.807) is 0 Å². The SMILES string of the molecule is CC(C)(C)OC(=O)C1CCCC(=O)CC1. The zero-order chi connectivity index (χ0) is 11.5. The molecule has 0 saturated heterocycles. The van der Waals surface area contributed by atoms with Crippen molar-refractivity contribution in [1.82, 2.24) is 0 Å². The molecule has 1 fully saturated rings. The van der Waals surface area contributed by atoms with Crippen LogP contribution < -0.4 is 0 Å². The van der Waals surface area contributed by atoms with Gasteiger partial charge in [0.15, 0.2) is 0 Å². The molecule has 1 aliphatic carbocycles. The number of hydrogen-bond donors (Lipinski definition) is 0.